The van der Waals surface area contributed by atoms with E-state index in [1.165, 1.54) is 24.0 Å². The summed E-state index contributed by atoms with van der Waals surface area (Å²) in [5.74, 6) is -0.132. The highest BCUT2D eigenvalue weighted by Crippen LogP contribution is 2.25. The van der Waals surface area contributed by atoms with Crippen LogP contribution in [0.5, 0.6) is 0 Å². The van der Waals surface area contributed by atoms with Crippen molar-refractivity contribution in [3.63, 3.8) is 0 Å². The molecule has 5 nitrogen and oxygen atoms in total. The van der Waals surface area contributed by atoms with Gasteiger partial charge in [0.1, 0.15) is 6.04 Å². The highest BCUT2D eigenvalue weighted by atomic mass is 16.2. The Kier molecular flexibility index (Phi) is 5.71. The highest BCUT2D eigenvalue weighted by molar-refractivity contribution is 5.98. The van der Waals surface area contributed by atoms with Crippen molar-refractivity contribution < 1.29 is 9.59 Å². The lowest BCUT2D eigenvalue weighted by Crippen LogP contribution is -2.58. The number of fused-ring (bicyclic) bond motifs is 1. The summed E-state index contributed by atoms with van der Waals surface area (Å²) < 4.78 is 0. The van der Waals surface area contributed by atoms with Gasteiger partial charge in [-0.2, -0.15) is 0 Å². The number of nitrogens with zero attached hydrogens (tertiary/aromatic N) is 2. The van der Waals surface area contributed by atoms with E-state index in [9.17, 15) is 9.59 Å². The number of hydrogen-bond acceptors (Lipinski definition) is 3. The number of rotatable bonds is 4. The molecule has 0 spiro atoms. The van der Waals surface area contributed by atoms with Crippen LogP contribution in [0.1, 0.15) is 39.9 Å². The molecule has 5 heteroatoms. The molecule has 0 radical (unpaired) electrons. The van der Waals surface area contributed by atoms with E-state index in [1.54, 1.807) is 17.3 Å². The van der Waals surface area contributed by atoms with Crippen molar-refractivity contribution >= 4 is 11.8 Å². The van der Waals surface area contributed by atoms with Gasteiger partial charge in [-0.15, -0.1) is 0 Å². The Balaban J connectivity index is 1.36. The van der Waals surface area contributed by atoms with Gasteiger partial charge in [0, 0.05) is 37.5 Å². The second kappa shape index (κ2) is 8.95. The number of carbonyl (C=O) groups excluding carboxylic acids is 2. The van der Waals surface area contributed by atoms with Gasteiger partial charge < -0.3 is 10.2 Å². The molecule has 1 aliphatic carbocycles. The number of aryl methyl sites for hydroxylation is 2. The quantitative estimate of drug-likeness (QED) is 0.691. The molecule has 1 aliphatic heterocycles. The Morgan fingerprint density at radius 2 is 1.66 bits per heavy atom. The molecule has 5 rings (SSSR count). The summed E-state index contributed by atoms with van der Waals surface area (Å²) in [4.78, 5) is 32.0. The maximum absolute atomic E-state index is 13.4. The summed E-state index contributed by atoms with van der Waals surface area (Å²) in [6, 6.07) is 17.7. The average Bonchev–Trinajstić information content (AvgIpc) is 2.85. The Morgan fingerprint density at radius 1 is 0.938 bits per heavy atom. The maximum Gasteiger partial charge on any atom is 0.254 e. The molecule has 32 heavy (non-hydrogen) atoms. The summed E-state index contributed by atoms with van der Waals surface area (Å²) in [5.41, 5.74) is 6.57. The minimum atomic E-state index is -0.501. The first-order chi connectivity index (χ1) is 15.7. The molecule has 2 heterocycles. The number of nitrogens with one attached hydrogen (secondary N) is 1. The Morgan fingerprint density at radius 3 is 2.44 bits per heavy atom. The highest BCUT2D eigenvalue weighted by Gasteiger charge is 2.33. The number of hydrogen-bond donors (Lipinski definition) is 1. The van der Waals surface area contributed by atoms with Gasteiger partial charge in [0.2, 0.25) is 5.91 Å². The van der Waals surface area contributed by atoms with Crippen LogP contribution in [-0.2, 0) is 24.1 Å². The molecule has 3 aromatic rings. The zero-order chi connectivity index (χ0) is 21.9. The molecule has 2 aromatic carbocycles. The van der Waals surface area contributed by atoms with Crippen LogP contribution in [0, 0.1) is 0 Å². The molecule has 162 valence electrons. The minimum absolute atomic E-state index is 0.0494. The summed E-state index contributed by atoms with van der Waals surface area (Å²) in [6.45, 7) is 1.02. The Bertz CT molecular complexity index is 1130. The van der Waals surface area contributed by atoms with Gasteiger partial charge in [-0.25, -0.2) is 0 Å². The lowest BCUT2D eigenvalue weighted by molar-refractivity contribution is -0.127. The number of carbonyl (C=O) groups is 2. The van der Waals surface area contributed by atoms with E-state index in [2.05, 4.69) is 28.5 Å². The summed E-state index contributed by atoms with van der Waals surface area (Å²) in [6.07, 6.45) is 8.57. The number of aromatic nitrogens is 1. The van der Waals surface area contributed by atoms with Crippen LogP contribution < -0.4 is 5.32 Å². The first-order valence-electron chi connectivity index (χ1n) is 11.4. The molecule has 1 fully saturated rings. The van der Waals surface area contributed by atoms with Crippen molar-refractivity contribution in [1.29, 1.82) is 0 Å². The van der Waals surface area contributed by atoms with Crippen molar-refractivity contribution in [2.75, 3.05) is 13.1 Å². The molecule has 2 amide bonds. The van der Waals surface area contributed by atoms with Gasteiger partial charge in [-0.1, -0.05) is 30.3 Å². The lowest BCUT2D eigenvalue weighted by Gasteiger charge is -2.35. The van der Waals surface area contributed by atoms with Crippen LogP contribution in [0.2, 0.25) is 0 Å². The Labute approximate surface area is 188 Å². The molecule has 0 saturated carbocycles. The van der Waals surface area contributed by atoms with Gasteiger partial charge in [0.15, 0.2) is 0 Å². The normalized spacial score (nSPS) is 18.1. The van der Waals surface area contributed by atoms with Crippen molar-refractivity contribution in [3.05, 3.63) is 89.2 Å². The van der Waals surface area contributed by atoms with E-state index < -0.39 is 6.04 Å². The van der Waals surface area contributed by atoms with Gasteiger partial charge in [-0.05, 0) is 77.8 Å². The fourth-order valence-corrected chi connectivity index (χ4v) is 4.79. The van der Waals surface area contributed by atoms with E-state index in [4.69, 9.17) is 0 Å². The van der Waals surface area contributed by atoms with E-state index in [-0.39, 0.29) is 11.8 Å². The van der Waals surface area contributed by atoms with Crippen molar-refractivity contribution in [2.24, 2.45) is 0 Å². The number of piperazine rings is 1. The number of benzene rings is 2. The smallest absolute Gasteiger partial charge is 0.254 e. The third-order valence-electron chi connectivity index (χ3n) is 6.58. The third-order valence-corrected chi connectivity index (χ3v) is 6.58. The van der Waals surface area contributed by atoms with Crippen LogP contribution in [0.3, 0.4) is 0 Å². The van der Waals surface area contributed by atoms with E-state index in [1.807, 2.05) is 36.4 Å². The van der Waals surface area contributed by atoms with Crippen LogP contribution in [-0.4, -0.2) is 40.8 Å². The topological polar surface area (TPSA) is 62.3 Å². The second-order valence-corrected chi connectivity index (χ2v) is 8.63. The molecule has 1 N–H and O–H groups in total. The first kappa shape index (κ1) is 20.4. The maximum atomic E-state index is 13.4. The minimum Gasteiger partial charge on any atom is -0.353 e. The van der Waals surface area contributed by atoms with Crippen molar-refractivity contribution in [3.8, 4) is 11.1 Å². The zero-order valence-electron chi connectivity index (χ0n) is 18.1. The molecule has 0 bridgehead atoms. The van der Waals surface area contributed by atoms with E-state index in [0.29, 0.717) is 25.1 Å². The fraction of sp³-hybridized carbons (Fsp3) is 0.296. The van der Waals surface area contributed by atoms with E-state index in [0.717, 1.165) is 29.5 Å². The first-order valence-corrected chi connectivity index (χ1v) is 11.4. The van der Waals surface area contributed by atoms with Crippen LogP contribution in [0.15, 0.2) is 67.0 Å². The van der Waals surface area contributed by atoms with Gasteiger partial charge >= 0.3 is 0 Å². The SMILES string of the molecule is O=C1NCCN(C(=O)c2ccc3c(c2)CCCC3)C1Cc1ccc(-c2ccncc2)cc1. The van der Waals surface area contributed by atoms with Gasteiger partial charge in [0.05, 0.1) is 0 Å². The predicted molar refractivity (Wildman–Crippen MR) is 124 cm³/mol. The standard InChI is InChI=1S/C27H27N3O2/c31-26-25(17-19-5-7-21(8-6-19)22-11-13-28-14-12-22)30(16-15-29-26)27(32)24-10-9-20-3-1-2-4-23(20)18-24/h5-14,18,25H,1-4,15-17H2,(H,29,31). The zero-order valence-corrected chi connectivity index (χ0v) is 18.1. The molecule has 1 atom stereocenters. The summed E-state index contributed by atoms with van der Waals surface area (Å²) in [5, 5.41) is 2.94. The number of pyridine rings is 1. The predicted octanol–water partition coefficient (Wildman–Crippen LogP) is 3.81. The van der Waals surface area contributed by atoms with Crippen molar-refractivity contribution in [1.82, 2.24) is 15.2 Å². The number of amides is 2. The molecule has 2 aliphatic rings. The van der Waals surface area contributed by atoms with Crippen LogP contribution in [0.4, 0.5) is 0 Å². The van der Waals surface area contributed by atoms with Gasteiger partial charge in [-0.3, -0.25) is 14.6 Å². The van der Waals surface area contributed by atoms with Crippen LogP contribution >= 0.6 is 0 Å². The molecule has 1 saturated heterocycles. The molecular weight excluding hydrogens is 398 g/mol. The lowest BCUT2D eigenvalue weighted by atomic mass is 9.90. The average molecular weight is 426 g/mol. The molecule has 1 unspecified atom stereocenters. The molecular formula is C27H27N3O2. The third kappa shape index (κ3) is 4.15. The van der Waals surface area contributed by atoms with Crippen LogP contribution in [0.25, 0.3) is 11.1 Å². The second-order valence-electron chi connectivity index (χ2n) is 8.63. The van der Waals surface area contributed by atoms with Gasteiger partial charge in [0.25, 0.3) is 5.91 Å². The summed E-state index contributed by atoms with van der Waals surface area (Å²) >= 11 is 0. The monoisotopic (exact) mass is 425 g/mol. The fourth-order valence-electron chi connectivity index (χ4n) is 4.79. The van der Waals surface area contributed by atoms with Crippen molar-refractivity contribution in [2.45, 2.75) is 38.1 Å². The Hall–Kier alpha value is -3.47. The largest absolute Gasteiger partial charge is 0.353 e. The van der Waals surface area contributed by atoms with E-state index >= 15 is 0 Å². The summed E-state index contributed by atoms with van der Waals surface area (Å²) in [7, 11) is 0. The molecule has 1 aromatic heterocycles.